The van der Waals surface area contributed by atoms with E-state index in [-0.39, 0.29) is 17.1 Å². The van der Waals surface area contributed by atoms with E-state index < -0.39 is 11.7 Å². The Morgan fingerprint density at radius 3 is 2.72 bits per heavy atom. The van der Waals surface area contributed by atoms with Crippen LogP contribution in [0.15, 0.2) is 17.3 Å². The van der Waals surface area contributed by atoms with Gasteiger partial charge in [0.1, 0.15) is 11.1 Å². The first-order chi connectivity index (χ1) is 11.8. The Bertz CT molecular complexity index is 820. The highest BCUT2D eigenvalue weighted by Gasteiger charge is 2.24. The average molecular weight is 346 g/mol. The molecule has 2 N–H and O–H groups in total. The maximum Gasteiger partial charge on any atom is 0.407 e. The van der Waals surface area contributed by atoms with Crippen molar-refractivity contribution in [1.29, 1.82) is 0 Å². The normalized spacial score (nSPS) is 16.0. The molecule has 0 aromatic carbocycles. The summed E-state index contributed by atoms with van der Waals surface area (Å²) < 4.78 is 5.28. The third kappa shape index (κ3) is 4.23. The number of fused-ring (bicyclic) bond motifs is 1. The van der Waals surface area contributed by atoms with Crippen molar-refractivity contribution >= 4 is 23.1 Å². The number of aromatic amines is 1. The van der Waals surface area contributed by atoms with Crippen LogP contribution in [0.4, 0.5) is 10.7 Å². The Balaban J connectivity index is 1.62. The van der Waals surface area contributed by atoms with Gasteiger partial charge in [-0.25, -0.2) is 19.7 Å². The van der Waals surface area contributed by atoms with Crippen molar-refractivity contribution in [1.82, 2.24) is 25.3 Å². The number of rotatable bonds is 2. The number of anilines is 1. The van der Waals surface area contributed by atoms with E-state index >= 15 is 0 Å². The zero-order chi connectivity index (χ0) is 18.0. The second-order valence-corrected chi connectivity index (χ2v) is 7.04. The van der Waals surface area contributed by atoms with Crippen LogP contribution in [0, 0.1) is 0 Å². The van der Waals surface area contributed by atoms with E-state index in [4.69, 9.17) is 4.74 Å². The van der Waals surface area contributed by atoms with Gasteiger partial charge in [0, 0.05) is 19.1 Å². The number of ether oxygens (including phenoxy) is 1. The summed E-state index contributed by atoms with van der Waals surface area (Å²) in [6.45, 7) is 6.88. The number of nitrogens with zero attached hydrogens (tertiary/aromatic N) is 4. The monoisotopic (exact) mass is 346 g/mol. The van der Waals surface area contributed by atoms with Crippen LogP contribution in [0.3, 0.4) is 0 Å². The molecule has 1 amide bonds. The van der Waals surface area contributed by atoms with Gasteiger partial charge in [0.15, 0.2) is 5.52 Å². The third-order valence-corrected chi connectivity index (χ3v) is 3.87. The van der Waals surface area contributed by atoms with Gasteiger partial charge in [-0.3, -0.25) is 4.79 Å². The zero-order valence-corrected chi connectivity index (χ0v) is 14.6. The summed E-state index contributed by atoms with van der Waals surface area (Å²) in [6, 6.07) is 0.0524. The fourth-order valence-electron chi connectivity index (χ4n) is 2.71. The van der Waals surface area contributed by atoms with E-state index in [1.807, 2.05) is 25.7 Å². The SMILES string of the molecule is CC(C)(C)OC(=O)NC1CCN(c2ncc3nc[nH]c(=O)c3n2)CC1. The highest BCUT2D eigenvalue weighted by molar-refractivity contribution is 5.72. The predicted octanol–water partition coefficient (Wildman–Crippen LogP) is 1.21. The van der Waals surface area contributed by atoms with Gasteiger partial charge in [0.05, 0.1) is 12.5 Å². The Hall–Kier alpha value is -2.71. The van der Waals surface area contributed by atoms with E-state index in [0.29, 0.717) is 24.6 Å². The lowest BCUT2D eigenvalue weighted by Crippen LogP contribution is -2.46. The van der Waals surface area contributed by atoms with Gasteiger partial charge in [0.2, 0.25) is 5.95 Å². The Kier molecular flexibility index (Phi) is 4.56. The van der Waals surface area contributed by atoms with Crippen molar-refractivity contribution < 1.29 is 9.53 Å². The van der Waals surface area contributed by atoms with Gasteiger partial charge in [0.25, 0.3) is 5.56 Å². The van der Waals surface area contributed by atoms with E-state index in [9.17, 15) is 9.59 Å². The van der Waals surface area contributed by atoms with Crippen LogP contribution < -0.4 is 15.8 Å². The van der Waals surface area contributed by atoms with E-state index in [1.54, 1.807) is 6.20 Å². The van der Waals surface area contributed by atoms with Crippen LogP contribution in [0.1, 0.15) is 33.6 Å². The summed E-state index contributed by atoms with van der Waals surface area (Å²) in [5.41, 5.74) is -0.0456. The molecule has 1 aliphatic rings. The van der Waals surface area contributed by atoms with Crippen molar-refractivity contribution in [3.05, 3.63) is 22.9 Å². The first-order valence-corrected chi connectivity index (χ1v) is 8.27. The molecule has 1 saturated heterocycles. The molecule has 0 bridgehead atoms. The second-order valence-electron chi connectivity index (χ2n) is 7.04. The molecule has 3 rings (SSSR count). The lowest BCUT2D eigenvalue weighted by atomic mass is 10.1. The number of aromatic nitrogens is 4. The summed E-state index contributed by atoms with van der Waals surface area (Å²) in [5.74, 6) is 0.502. The molecule has 0 radical (unpaired) electrons. The Labute approximate surface area is 144 Å². The van der Waals surface area contributed by atoms with Gasteiger partial charge in [-0.15, -0.1) is 0 Å². The van der Waals surface area contributed by atoms with Crippen LogP contribution >= 0.6 is 0 Å². The van der Waals surface area contributed by atoms with Crippen LogP contribution in [-0.4, -0.2) is 50.8 Å². The number of hydrogen-bond donors (Lipinski definition) is 2. The van der Waals surface area contributed by atoms with Crippen molar-refractivity contribution in [3.63, 3.8) is 0 Å². The molecule has 25 heavy (non-hydrogen) atoms. The van der Waals surface area contributed by atoms with Crippen LogP contribution in [0.5, 0.6) is 0 Å². The molecule has 0 spiro atoms. The first kappa shape index (κ1) is 17.1. The van der Waals surface area contributed by atoms with Crippen LogP contribution in [0.25, 0.3) is 11.0 Å². The molecule has 1 fully saturated rings. The molecular weight excluding hydrogens is 324 g/mol. The number of H-pyrrole nitrogens is 1. The van der Waals surface area contributed by atoms with E-state index in [2.05, 4.69) is 25.3 Å². The first-order valence-electron chi connectivity index (χ1n) is 8.27. The molecule has 1 aliphatic heterocycles. The van der Waals surface area contributed by atoms with Crippen molar-refractivity contribution in [2.75, 3.05) is 18.0 Å². The molecule has 9 nitrogen and oxygen atoms in total. The number of carbonyl (C=O) groups is 1. The number of hydrogen-bond acceptors (Lipinski definition) is 7. The minimum absolute atomic E-state index is 0.0524. The fraction of sp³-hybridized carbons (Fsp3) is 0.562. The maximum absolute atomic E-state index is 11.8. The summed E-state index contributed by atoms with van der Waals surface area (Å²) in [6.07, 6.45) is 4.00. The Morgan fingerprint density at radius 1 is 1.32 bits per heavy atom. The number of carbonyl (C=O) groups excluding carboxylic acids is 1. The topological polar surface area (TPSA) is 113 Å². The minimum Gasteiger partial charge on any atom is -0.444 e. The highest BCUT2D eigenvalue weighted by atomic mass is 16.6. The zero-order valence-electron chi connectivity index (χ0n) is 14.6. The molecule has 0 atom stereocenters. The summed E-state index contributed by atoms with van der Waals surface area (Å²) in [5, 5.41) is 2.89. The largest absolute Gasteiger partial charge is 0.444 e. The summed E-state index contributed by atoms with van der Waals surface area (Å²) in [7, 11) is 0. The highest BCUT2D eigenvalue weighted by Crippen LogP contribution is 2.17. The number of nitrogens with one attached hydrogen (secondary N) is 2. The minimum atomic E-state index is -0.509. The lowest BCUT2D eigenvalue weighted by Gasteiger charge is -2.32. The number of alkyl carbamates (subject to hydrolysis) is 1. The molecule has 0 aliphatic carbocycles. The molecule has 9 heteroatoms. The van der Waals surface area contributed by atoms with Gasteiger partial charge >= 0.3 is 6.09 Å². The molecule has 0 unspecified atom stereocenters. The van der Waals surface area contributed by atoms with Gasteiger partial charge in [-0.2, -0.15) is 0 Å². The summed E-state index contributed by atoms with van der Waals surface area (Å²) >= 11 is 0. The second kappa shape index (κ2) is 6.66. The smallest absolute Gasteiger partial charge is 0.407 e. The Morgan fingerprint density at radius 2 is 2.04 bits per heavy atom. The standard InChI is InChI=1S/C16H22N6O3/c1-16(2,3)25-15(24)20-10-4-6-22(7-5-10)14-17-8-11-12(21-14)13(23)19-9-18-11/h8-10H,4-7H2,1-3H3,(H,20,24)(H,18,19,23). The molecule has 0 saturated carbocycles. The van der Waals surface area contributed by atoms with Crippen molar-refractivity contribution in [2.24, 2.45) is 0 Å². The fourth-order valence-corrected chi connectivity index (χ4v) is 2.71. The average Bonchev–Trinajstić information content (AvgIpc) is 2.54. The van der Waals surface area contributed by atoms with E-state index in [1.165, 1.54) is 6.33 Å². The quantitative estimate of drug-likeness (QED) is 0.840. The van der Waals surface area contributed by atoms with Crippen LogP contribution in [-0.2, 0) is 4.74 Å². The molecule has 2 aromatic heterocycles. The van der Waals surface area contributed by atoms with E-state index in [0.717, 1.165) is 12.8 Å². The molecular formula is C16H22N6O3. The number of piperidine rings is 1. The predicted molar refractivity (Wildman–Crippen MR) is 92.6 cm³/mol. The lowest BCUT2D eigenvalue weighted by molar-refractivity contribution is 0.0497. The van der Waals surface area contributed by atoms with Gasteiger partial charge in [-0.05, 0) is 33.6 Å². The third-order valence-electron chi connectivity index (χ3n) is 3.87. The number of amides is 1. The van der Waals surface area contributed by atoms with Crippen LogP contribution in [0.2, 0.25) is 0 Å². The van der Waals surface area contributed by atoms with Crippen molar-refractivity contribution in [2.45, 2.75) is 45.3 Å². The molecule has 2 aromatic rings. The maximum atomic E-state index is 11.8. The van der Waals surface area contributed by atoms with Gasteiger partial charge < -0.3 is 19.9 Å². The molecule has 3 heterocycles. The van der Waals surface area contributed by atoms with Crippen molar-refractivity contribution in [3.8, 4) is 0 Å². The molecule has 134 valence electrons. The summed E-state index contributed by atoms with van der Waals surface area (Å²) in [4.78, 5) is 40.9. The van der Waals surface area contributed by atoms with Gasteiger partial charge in [-0.1, -0.05) is 0 Å².